The Hall–Kier alpha value is -4.59. The quantitative estimate of drug-likeness (QED) is 0.328. The topological polar surface area (TPSA) is 113 Å². The molecule has 0 aliphatic carbocycles. The van der Waals surface area contributed by atoms with E-state index >= 15 is 0 Å². The van der Waals surface area contributed by atoms with E-state index in [1.165, 1.54) is 19.4 Å². The molecule has 4 aromatic rings. The molecule has 158 valence electrons. The summed E-state index contributed by atoms with van der Waals surface area (Å²) in [6, 6.07) is 20.7. The lowest BCUT2D eigenvalue weighted by Crippen LogP contribution is -2.12. The molecule has 0 bridgehead atoms. The number of carbonyl (C=O) groups excluding carboxylic acids is 2. The van der Waals surface area contributed by atoms with Crippen LogP contribution in [0.4, 0.5) is 17.2 Å². The molecular weight excluding hydrogens is 408 g/mol. The van der Waals surface area contributed by atoms with Crippen molar-refractivity contribution >= 4 is 39.8 Å². The molecule has 0 atom stereocenters. The average molecular weight is 426 g/mol. The normalized spacial score (nSPS) is 10.9. The van der Waals surface area contributed by atoms with Crippen molar-refractivity contribution < 1.29 is 19.4 Å². The van der Waals surface area contributed by atoms with Crippen molar-refractivity contribution in [3.05, 3.63) is 90.1 Å². The maximum absolute atomic E-state index is 12.9. The number of ether oxygens (including phenoxy) is 1. The van der Waals surface area contributed by atoms with Gasteiger partial charge in [0.1, 0.15) is 11.3 Å². The number of benzene rings is 3. The average Bonchev–Trinajstić information content (AvgIpc) is 2.83. The van der Waals surface area contributed by atoms with Gasteiger partial charge in [-0.2, -0.15) is 0 Å². The number of nitrogens with zero attached hydrogens (tertiary/aromatic N) is 3. The number of rotatable bonds is 5. The summed E-state index contributed by atoms with van der Waals surface area (Å²) in [6.45, 7) is 0. The van der Waals surface area contributed by atoms with Crippen LogP contribution in [-0.2, 0) is 4.74 Å². The van der Waals surface area contributed by atoms with Crippen LogP contribution in [0.25, 0.3) is 10.8 Å². The molecule has 8 nitrogen and oxygen atoms in total. The number of para-hydroxylation sites is 1. The molecule has 32 heavy (non-hydrogen) atoms. The number of pyridine rings is 1. The molecule has 3 aromatic carbocycles. The lowest BCUT2D eigenvalue weighted by atomic mass is 10.0. The van der Waals surface area contributed by atoms with Gasteiger partial charge in [-0.25, -0.2) is 9.78 Å². The van der Waals surface area contributed by atoms with Crippen molar-refractivity contribution in [1.82, 2.24) is 4.98 Å². The second-order valence-electron chi connectivity index (χ2n) is 6.73. The van der Waals surface area contributed by atoms with Crippen molar-refractivity contribution in [2.75, 3.05) is 12.4 Å². The number of esters is 1. The van der Waals surface area contributed by atoms with Crippen LogP contribution in [0.1, 0.15) is 20.7 Å². The summed E-state index contributed by atoms with van der Waals surface area (Å²) in [7, 11) is 1.25. The molecule has 1 heterocycles. The van der Waals surface area contributed by atoms with Crippen LogP contribution in [0.5, 0.6) is 5.75 Å². The van der Waals surface area contributed by atoms with Crippen LogP contribution in [0, 0.1) is 0 Å². The Bertz CT molecular complexity index is 1340. The van der Waals surface area contributed by atoms with E-state index in [2.05, 4.69) is 20.5 Å². The van der Waals surface area contributed by atoms with Crippen LogP contribution in [0.15, 0.2) is 89.2 Å². The molecule has 0 radical (unpaired) electrons. The van der Waals surface area contributed by atoms with Crippen LogP contribution in [0.3, 0.4) is 0 Å². The number of nitrogens with one attached hydrogen (secondary N) is 1. The summed E-state index contributed by atoms with van der Waals surface area (Å²) in [5.74, 6) is -1.42. The fourth-order valence-electron chi connectivity index (χ4n) is 3.16. The first-order valence-electron chi connectivity index (χ1n) is 9.64. The molecule has 0 aliphatic heterocycles. The minimum Gasteiger partial charge on any atom is -0.505 e. The number of carbonyl (C=O) groups is 2. The second-order valence-corrected chi connectivity index (χ2v) is 6.73. The number of phenols is 1. The Morgan fingerprint density at radius 1 is 0.938 bits per heavy atom. The number of azo groups is 1. The molecule has 4 rings (SSSR count). The number of fused-ring (bicyclic) bond motifs is 1. The predicted molar refractivity (Wildman–Crippen MR) is 120 cm³/mol. The third kappa shape index (κ3) is 4.15. The minimum atomic E-state index is -0.614. The standard InChI is InChI=1S/C24H18N4O4/c1-32-24(31)18-12-7-13-25-22(18)28-27-20-17-11-6-5-8-15(17)14-19(21(20)29)23(30)26-16-9-3-2-4-10-16/h2-14,29H,1H3,(H,26,30). The summed E-state index contributed by atoms with van der Waals surface area (Å²) in [5.41, 5.74) is 0.837. The highest BCUT2D eigenvalue weighted by Gasteiger charge is 2.19. The first kappa shape index (κ1) is 20.7. The fourth-order valence-corrected chi connectivity index (χ4v) is 3.16. The van der Waals surface area contributed by atoms with Gasteiger partial charge in [0.2, 0.25) is 0 Å². The summed E-state index contributed by atoms with van der Waals surface area (Å²) >= 11 is 0. The number of amides is 1. The van der Waals surface area contributed by atoms with E-state index in [9.17, 15) is 14.7 Å². The molecule has 0 unspecified atom stereocenters. The highest BCUT2D eigenvalue weighted by atomic mass is 16.5. The number of hydrogen-bond donors (Lipinski definition) is 2. The van der Waals surface area contributed by atoms with Gasteiger partial charge in [0.05, 0.1) is 12.7 Å². The van der Waals surface area contributed by atoms with E-state index in [0.29, 0.717) is 16.5 Å². The van der Waals surface area contributed by atoms with Gasteiger partial charge in [-0.15, -0.1) is 10.2 Å². The molecule has 0 aliphatic rings. The minimum absolute atomic E-state index is 0.0296. The molecule has 8 heteroatoms. The Balaban J connectivity index is 1.80. The van der Waals surface area contributed by atoms with Crippen molar-refractivity contribution in [1.29, 1.82) is 0 Å². The van der Waals surface area contributed by atoms with Gasteiger partial charge >= 0.3 is 5.97 Å². The van der Waals surface area contributed by atoms with Crippen molar-refractivity contribution in [2.24, 2.45) is 10.2 Å². The van der Waals surface area contributed by atoms with Crippen LogP contribution in [0.2, 0.25) is 0 Å². The van der Waals surface area contributed by atoms with Crippen LogP contribution >= 0.6 is 0 Å². The Morgan fingerprint density at radius 2 is 1.69 bits per heavy atom. The van der Waals surface area contributed by atoms with Gasteiger partial charge in [0.15, 0.2) is 11.6 Å². The SMILES string of the molecule is COC(=O)c1cccnc1N=Nc1c(O)c(C(=O)Nc2ccccc2)cc2ccccc12. The highest BCUT2D eigenvalue weighted by Crippen LogP contribution is 2.39. The van der Waals surface area contributed by atoms with E-state index in [0.717, 1.165) is 0 Å². The molecule has 0 saturated carbocycles. The van der Waals surface area contributed by atoms with Crippen molar-refractivity contribution in [3.63, 3.8) is 0 Å². The van der Waals surface area contributed by atoms with Crippen LogP contribution in [-0.4, -0.2) is 29.1 Å². The molecule has 0 fully saturated rings. The molecule has 1 amide bonds. The van der Waals surface area contributed by atoms with E-state index in [1.807, 2.05) is 12.1 Å². The maximum atomic E-state index is 12.9. The van der Waals surface area contributed by atoms with Gasteiger partial charge in [-0.1, -0.05) is 42.5 Å². The van der Waals surface area contributed by atoms with Gasteiger partial charge in [0, 0.05) is 17.3 Å². The number of aromatic nitrogens is 1. The highest BCUT2D eigenvalue weighted by molar-refractivity contribution is 6.11. The molecule has 2 N–H and O–H groups in total. The molecule has 1 aromatic heterocycles. The number of hydrogen-bond acceptors (Lipinski definition) is 7. The number of aromatic hydroxyl groups is 1. The lowest BCUT2D eigenvalue weighted by Gasteiger charge is -2.11. The van der Waals surface area contributed by atoms with Gasteiger partial charge in [-0.3, -0.25) is 4.79 Å². The van der Waals surface area contributed by atoms with E-state index < -0.39 is 11.9 Å². The van der Waals surface area contributed by atoms with Gasteiger partial charge in [-0.05, 0) is 35.7 Å². The molecular formula is C24H18N4O4. The van der Waals surface area contributed by atoms with E-state index in [4.69, 9.17) is 4.74 Å². The molecule has 0 saturated heterocycles. The third-order valence-corrected chi connectivity index (χ3v) is 4.71. The van der Waals surface area contributed by atoms with Crippen molar-refractivity contribution in [3.8, 4) is 5.75 Å². The van der Waals surface area contributed by atoms with Gasteiger partial charge < -0.3 is 15.2 Å². The van der Waals surface area contributed by atoms with E-state index in [-0.39, 0.29) is 28.4 Å². The smallest absolute Gasteiger partial charge is 0.341 e. The number of anilines is 1. The number of methoxy groups -OCH3 is 1. The Morgan fingerprint density at radius 3 is 2.47 bits per heavy atom. The molecule has 0 spiro atoms. The van der Waals surface area contributed by atoms with E-state index in [1.54, 1.807) is 54.6 Å². The lowest BCUT2D eigenvalue weighted by molar-refractivity contribution is 0.0601. The zero-order valence-electron chi connectivity index (χ0n) is 17.0. The van der Waals surface area contributed by atoms with Gasteiger partial charge in [0.25, 0.3) is 5.91 Å². The Kier molecular flexibility index (Phi) is 5.85. The zero-order chi connectivity index (χ0) is 22.5. The summed E-state index contributed by atoms with van der Waals surface area (Å²) in [6.07, 6.45) is 1.46. The zero-order valence-corrected chi connectivity index (χ0v) is 17.0. The first-order valence-corrected chi connectivity index (χ1v) is 9.64. The predicted octanol–water partition coefficient (Wildman–Crippen LogP) is 5.39. The fraction of sp³-hybridized carbons (Fsp3) is 0.0417. The maximum Gasteiger partial charge on any atom is 0.341 e. The number of phenolic OH excluding ortho intramolecular Hbond substituents is 1. The van der Waals surface area contributed by atoms with Crippen molar-refractivity contribution in [2.45, 2.75) is 0 Å². The third-order valence-electron chi connectivity index (χ3n) is 4.71. The summed E-state index contributed by atoms with van der Waals surface area (Å²) in [4.78, 5) is 28.9. The van der Waals surface area contributed by atoms with Crippen LogP contribution < -0.4 is 5.32 Å². The second kappa shape index (κ2) is 9.05. The monoisotopic (exact) mass is 426 g/mol. The summed E-state index contributed by atoms with van der Waals surface area (Å²) in [5, 5.41) is 23.2. The first-order chi connectivity index (χ1) is 15.6. The summed E-state index contributed by atoms with van der Waals surface area (Å²) < 4.78 is 4.75. The largest absolute Gasteiger partial charge is 0.505 e. The Labute approximate surface area is 183 Å².